The SMILES string of the molecule is NCCNC[CH2][Na].NS(=O)(=O)O. The summed E-state index contributed by atoms with van der Waals surface area (Å²) in [4.78, 5) is 0. The third kappa shape index (κ3) is 45.1. The van der Waals surface area contributed by atoms with Gasteiger partial charge in [0.2, 0.25) is 0 Å². The Kier molecular flexibility index (Phi) is 12.6. The predicted molar refractivity (Wildman–Crippen MR) is 48.2 cm³/mol. The van der Waals surface area contributed by atoms with E-state index in [1.807, 2.05) is 0 Å². The Morgan fingerprint density at radius 1 is 1.42 bits per heavy atom. The van der Waals surface area contributed by atoms with Crippen LogP contribution in [0.15, 0.2) is 0 Å². The third-order valence-electron chi connectivity index (χ3n) is 0.748. The molecule has 70 valence electrons. The molecule has 0 heterocycles. The van der Waals surface area contributed by atoms with Gasteiger partial charge >= 0.3 is 72.6 Å². The van der Waals surface area contributed by atoms with Crippen LogP contribution in [0.5, 0.6) is 0 Å². The zero-order chi connectivity index (χ0) is 10.0. The van der Waals surface area contributed by atoms with Gasteiger partial charge in [-0.2, -0.15) is 8.42 Å². The Bertz CT molecular complexity index is 160. The van der Waals surface area contributed by atoms with Crippen molar-refractivity contribution in [3.05, 3.63) is 0 Å². The number of rotatable bonds is 4. The molecular weight excluding hydrogens is 193 g/mol. The van der Waals surface area contributed by atoms with Crippen LogP contribution < -0.4 is 16.2 Å². The molecule has 0 aromatic rings. The van der Waals surface area contributed by atoms with Gasteiger partial charge in [-0.05, 0) is 0 Å². The average Bonchev–Trinajstić information content (AvgIpc) is 1.85. The fraction of sp³-hybridized carbons (Fsp3) is 1.00. The van der Waals surface area contributed by atoms with E-state index < -0.39 is 10.3 Å². The van der Waals surface area contributed by atoms with Gasteiger partial charge in [0.25, 0.3) is 0 Å². The van der Waals surface area contributed by atoms with Crippen LogP contribution in [-0.2, 0) is 10.3 Å². The molecule has 0 amide bonds. The molecule has 0 unspecified atom stereocenters. The second-order valence-electron chi connectivity index (χ2n) is 2.05. The van der Waals surface area contributed by atoms with Gasteiger partial charge in [-0.25, -0.2) is 5.14 Å². The molecule has 0 aromatic carbocycles. The monoisotopic (exact) mass is 207 g/mol. The second-order valence-corrected chi connectivity index (χ2v) is 4.08. The maximum atomic E-state index is 8.97. The Balaban J connectivity index is 0. The van der Waals surface area contributed by atoms with Crippen molar-refractivity contribution >= 4 is 38.2 Å². The predicted octanol–water partition coefficient (Wildman–Crippen LogP) is -2.13. The van der Waals surface area contributed by atoms with E-state index in [-0.39, 0.29) is 0 Å². The van der Waals surface area contributed by atoms with Crippen LogP contribution >= 0.6 is 0 Å². The molecular formula is C4H14N3NaO3S. The summed E-state index contributed by atoms with van der Waals surface area (Å²) in [6, 6.07) is 0. The Morgan fingerprint density at radius 3 is 2.08 bits per heavy atom. The van der Waals surface area contributed by atoms with E-state index in [4.69, 9.17) is 18.7 Å². The van der Waals surface area contributed by atoms with Crippen molar-refractivity contribution in [3.8, 4) is 0 Å². The number of hydrogen-bond donors (Lipinski definition) is 4. The topological polar surface area (TPSA) is 118 Å². The zero-order valence-electron chi connectivity index (χ0n) is 7.16. The van der Waals surface area contributed by atoms with Gasteiger partial charge < -0.3 is 0 Å². The number of hydrogen-bond acceptors (Lipinski definition) is 4. The molecule has 12 heavy (non-hydrogen) atoms. The van der Waals surface area contributed by atoms with E-state index in [9.17, 15) is 0 Å². The molecule has 0 saturated carbocycles. The molecule has 0 bridgehead atoms. The van der Waals surface area contributed by atoms with Crippen molar-refractivity contribution in [2.75, 3.05) is 19.6 Å². The van der Waals surface area contributed by atoms with E-state index in [1.165, 1.54) is 31.6 Å². The smallest absolute Gasteiger partial charge is 0.274 e. The molecule has 6 N–H and O–H groups in total. The summed E-state index contributed by atoms with van der Waals surface area (Å²) < 4.78 is 26.5. The molecule has 0 fully saturated rings. The molecule has 0 radical (unpaired) electrons. The zero-order valence-corrected chi connectivity index (χ0v) is 9.97. The maximum absolute atomic E-state index is 8.97. The van der Waals surface area contributed by atoms with Gasteiger partial charge in [0.05, 0.1) is 0 Å². The van der Waals surface area contributed by atoms with Gasteiger partial charge in [-0.3, -0.25) is 4.55 Å². The average molecular weight is 207 g/mol. The molecule has 0 aromatic heterocycles. The first-order chi connectivity index (χ1) is 5.41. The Hall–Kier alpha value is 0.790. The van der Waals surface area contributed by atoms with E-state index >= 15 is 0 Å². The summed E-state index contributed by atoms with van der Waals surface area (Å²) in [5.41, 5.74) is 5.22. The summed E-state index contributed by atoms with van der Waals surface area (Å²) in [6.07, 6.45) is 0. The van der Waals surface area contributed by atoms with Crippen LogP contribution in [0.1, 0.15) is 0 Å². The molecule has 0 aliphatic carbocycles. The Labute approximate surface area is 90.4 Å². The van der Waals surface area contributed by atoms with Gasteiger partial charge in [0.15, 0.2) is 0 Å². The van der Waals surface area contributed by atoms with Gasteiger partial charge in [0, 0.05) is 0 Å². The van der Waals surface area contributed by atoms with Crippen molar-refractivity contribution < 1.29 is 13.0 Å². The van der Waals surface area contributed by atoms with Crippen LogP contribution in [0.25, 0.3) is 0 Å². The van der Waals surface area contributed by atoms with E-state index in [1.54, 1.807) is 0 Å². The maximum Gasteiger partial charge on any atom is 0.330 e. The van der Waals surface area contributed by atoms with Gasteiger partial charge in [-0.1, -0.05) is 0 Å². The van der Waals surface area contributed by atoms with Crippen LogP contribution in [0.3, 0.4) is 0 Å². The van der Waals surface area contributed by atoms with Crippen molar-refractivity contribution in [2.45, 2.75) is 3.67 Å². The summed E-state index contributed by atoms with van der Waals surface area (Å²) >= 11 is 1.30. The minimum absolute atomic E-state index is 0.765. The first-order valence-electron chi connectivity index (χ1n) is 3.57. The minimum Gasteiger partial charge on any atom is -0.274 e. The van der Waals surface area contributed by atoms with E-state index in [2.05, 4.69) is 10.5 Å². The molecule has 0 saturated heterocycles. The molecule has 0 aliphatic heterocycles. The van der Waals surface area contributed by atoms with Crippen molar-refractivity contribution in [2.24, 2.45) is 10.9 Å². The summed E-state index contributed by atoms with van der Waals surface area (Å²) in [6.45, 7) is 2.90. The quantitative estimate of drug-likeness (QED) is 0.238. The first-order valence-corrected chi connectivity index (χ1v) is 6.49. The standard InChI is InChI=1S/C4H11N2.H3NO3S.Na/c1-2-6-4-3-5;1-5(2,3)4;/h6H,1-5H2;(H3,1,2,3,4);. The number of nitrogens with one attached hydrogen (secondary N) is 1. The van der Waals surface area contributed by atoms with E-state index in [0.717, 1.165) is 19.6 Å². The van der Waals surface area contributed by atoms with Gasteiger partial charge in [-0.15, -0.1) is 0 Å². The van der Waals surface area contributed by atoms with Crippen LogP contribution in [0, 0.1) is 0 Å². The molecule has 0 aliphatic rings. The normalized spacial score (nSPS) is 10.4. The summed E-state index contributed by atoms with van der Waals surface area (Å²) in [7, 11) is -4.17. The largest absolute Gasteiger partial charge is 0.330 e. The molecule has 0 rings (SSSR count). The molecule has 8 heteroatoms. The molecule has 6 nitrogen and oxygen atoms in total. The molecule has 0 atom stereocenters. The summed E-state index contributed by atoms with van der Waals surface area (Å²) in [5, 5.41) is 7.08. The van der Waals surface area contributed by atoms with Crippen molar-refractivity contribution in [1.29, 1.82) is 0 Å². The van der Waals surface area contributed by atoms with Gasteiger partial charge in [0.1, 0.15) is 0 Å². The first kappa shape index (κ1) is 15.3. The van der Waals surface area contributed by atoms with Crippen LogP contribution in [0.4, 0.5) is 0 Å². The van der Waals surface area contributed by atoms with Crippen LogP contribution in [0.2, 0.25) is 3.67 Å². The fourth-order valence-corrected chi connectivity index (χ4v) is 0.757. The second kappa shape index (κ2) is 9.87. The van der Waals surface area contributed by atoms with Crippen molar-refractivity contribution in [3.63, 3.8) is 0 Å². The Morgan fingerprint density at radius 2 is 1.83 bits per heavy atom. The van der Waals surface area contributed by atoms with Crippen molar-refractivity contribution in [1.82, 2.24) is 5.32 Å². The number of nitrogens with two attached hydrogens (primary N) is 2. The third-order valence-corrected chi connectivity index (χ3v) is 1.25. The van der Waals surface area contributed by atoms with E-state index in [0.29, 0.717) is 0 Å². The minimum atomic E-state index is -4.17. The molecule has 0 spiro atoms. The summed E-state index contributed by atoms with van der Waals surface area (Å²) in [5.74, 6) is 0. The van der Waals surface area contributed by atoms with Crippen LogP contribution in [-0.4, -0.2) is 60.5 Å². The fourth-order valence-electron chi connectivity index (χ4n) is 0.404.